The van der Waals surface area contributed by atoms with Crippen LogP contribution in [0.15, 0.2) is 0 Å². The van der Waals surface area contributed by atoms with E-state index in [0.29, 0.717) is 6.54 Å². The van der Waals surface area contributed by atoms with Crippen LogP contribution < -0.4 is 0 Å². The fourth-order valence-corrected chi connectivity index (χ4v) is 0.675. The Bertz CT molecular complexity index is 105. The minimum absolute atomic E-state index is 0.276. The third-order valence-electron chi connectivity index (χ3n) is 0.733. The monoisotopic (exact) mass is 151 g/mol. The fourth-order valence-electron chi connectivity index (χ4n) is 0.399. The number of carbonyl (C=O) groups is 1. The molecule has 0 saturated heterocycles. The molecule has 1 N–H and O–H groups in total. The van der Waals surface area contributed by atoms with Crippen molar-refractivity contribution in [1.29, 1.82) is 0 Å². The van der Waals surface area contributed by atoms with Crippen molar-refractivity contribution in [3.8, 4) is 0 Å². The molecule has 9 heavy (non-hydrogen) atoms. The third-order valence-corrected chi connectivity index (χ3v) is 1.02. The second-order valence-electron chi connectivity index (χ2n) is 2.22. The Kier molecular flexibility index (Phi) is 3.39. The second kappa shape index (κ2) is 3.56. The van der Waals surface area contributed by atoms with Gasteiger partial charge in [0, 0.05) is 18.3 Å². The van der Waals surface area contributed by atoms with Gasteiger partial charge in [0.2, 0.25) is 0 Å². The average Bonchev–Trinajstić information content (AvgIpc) is 1.63. The van der Waals surface area contributed by atoms with Gasteiger partial charge in [0.15, 0.2) is 0 Å². The number of amides is 1. The van der Waals surface area contributed by atoms with E-state index in [0.717, 1.165) is 4.42 Å². The molecule has 0 aliphatic carbocycles. The molecule has 3 nitrogen and oxygen atoms in total. The highest BCUT2D eigenvalue weighted by Crippen LogP contribution is 2.00. The number of rotatable bonds is 2. The molecule has 0 atom stereocenters. The van der Waals surface area contributed by atoms with Crippen molar-refractivity contribution in [2.45, 2.75) is 13.8 Å². The summed E-state index contributed by atoms with van der Waals surface area (Å²) in [5.41, 5.74) is 0. The molecule has 0 fully saturated rings. The Labute approximate surface area is 59.3 Å². The van der Waals surface area contributed by atoms with E-state index in [9.17, 15) is 4.79 Å². The number of hydrogen-bond acceptors (Lipinski definition) is 1. The molecule has 0 aromatic carbocycles. The van der Waals surface area contributed by atoms with Gasteiger partial charge < -0.3 is 5.11 Å². The lowest BCUT2D eigenvalue weighted by Crippen LogP contribution is -2.23. The summed E-state index contributed by atoms with van der Waals surface area (Å²) >= 11 is 5.24. The molecular weight excluding hydrogens is 142 g/mol. The molecule has 0 aromatic heterocycles. The first-order valence-corrected chi connectivity index (χ1v) is 3.04. The molecule has 54 valence electrons. The topological polar surface area (TPSA) is 40.5 Å². The van der Waals surface area contributed by atoms with E-state index in [2.05, 4.69) is 0 Å². The second-order valence-corrected chi connectivity index (χ2v) is 2.63. The maximum atomic E-state index is 10.0. The van der Waals surface area contributed by atoms with Crippen molar-refractivity contribution in [2.24, 2.45) is 5.92 Å². The summed E-state index contributed by atoms with van der Waals surface area (Å²) in [4.78, 5) is 10.0. The maximum absolute atomic E-state index is 10.0. The van der Waals surface area contributed by atoms with Crippen molar-refractivity contribution in [3.05, 3.63) is 0 Å². The fraction of sp³-hybridized carbons (Fsp3) is 0.800. The van der Waals surface area contributed by atoms with Crippen LogP contribution in [0.2, 0.25) is 0 Å². The molecule has 0 unspecified atom stereocenters. The zero-order valence-electron chi connectivity index (χ0n) is 5.47. The van der Waals surface area contributed by atoms with E-state index in [-0.39, 0.29) is 5.92 Å². The van der Waals surface area contributed by atoms with Crippen LogP contribution in [0.4, 0.5) is 4.79 Å². The molecular formula is C5H10ClNO2. The lowest BCUT2D eigenvalue weighted by Gasteiger charge is -2.10. The highest BCUT2D eigenvalue weighted by atomic mass is 35.5. The summed E-state index contributed by atoms with van der Waals surface area (Å²) in [6.07, 6.45) is -1.09. The molecule has 0 aliphatic heterocycles. The molecule has 4 heteroatoms. The van der Waals surface area contributed by atoms with E-state index in [1.165, 1.54) is 0 Å². The Balaban J connectivity index is 3.50. The minimum Gasteiger partial charge on any atom is -0.464 e. The quantitative estimate of drug-likeness (QED) is 0.612. The van der Waals surface area contributed by atoms with Gasteiger partial charge in [-0.25, -0.2) is 9.21 Å². The zero-order valence-corrected chi connectivity index (χ0v) is 6.22. The van der Waals surface area contributed by atoms with Crippen molar-refractivity contribution < 1.29 is 9.90 Å². The molecule has 0 bridgehead atoms. The van der Waals surface area contributed by atoms with Gasteiger partial charge >= 0.3 is 6.09 Å². The van der Waals surface area contributed by atoms with Gasteiger partial charge in [-0.1, -0.05) is 13.8 Å². The Morgan fingerprint density at radius 2 is 2.22 bits per heavy atom. The van der Waals surface area contributed by atoms with E-state index in [1.54, 1.807) is 0 Å². The summed E-state index contributed by atoms with van der Waals surface area (Å²) in [5.74, 6) is 0.276. The molecule has 1 amide bonds. The smallest absolute Gasteiger partial charge is 0.422 e. The van der Waals surface area contributed by atoms with Crippen LogP contribution in [0, 0.1) is 5.92 Å². The summed E-state index contributed by atoms with van der Waals surface area (Å²) in [5, 5.41) is 8.22. The summed E-state index contributed by atoms with van der Waals surface area (Å²) < 4.78 is 0.755. The van der Waals surface area contributed by atoms with Gasteiger partial charge in [0.05, 0.1) is 0 Å². The van der Waals surface area contributed by atoms with Crippen LogP contribution in [-0.4, -0.2) is 22.2 Å². The summed E-state index contributed by atoms with van der Waals surface area (Å²) in [6.45, 7) is 4.17. The van der Waals surface area contributed by atoms with E-state index in [1.807, 2.05) is 13.8 Å². The predicted octanol–water partition coefficient (Wildman–Crippen LogP) is 1.78. The zero-order chi connectivity index (χ0) is 7.44. The Morgan fingerprint density at radius 1 is 1.78 bits per heavy atom. The number of halogens is 1. The molecule has 0 radical (unpaired) electrons. The van der Waals surface area contributed by atoms with Crippen LogP contribution >= 0.6 is 11.8 Å². The van der Waals surface area contributed by atoms with Crippen LogP contribution in [0.3, 0.4) is 0 Å². The Hall–Kier alpha value is -0.440. The van der Waals surface area contributed by atoms with Gasteiger partial charge in [0.1, 0.15) is 0 Å². The van der Waals surface area contributed by atoms with Crippen LogP contribution in [0.1, 0.15) is 13.8 Å². The number of nitrogens with zero attached hydrogens (tertiary/aromatic N) is 1. The largest absolute Gasteiger partial charge is 0.464 e. The summed E-state index contributed by atoms with van der Waals surface area (Å²) in [7, 11) is 0. The van der Waals surface area contributed by atoms with Crippen molar-refractivity contribution in [1.82, 2.24) is 4.42 Å². The number of hydrogen-bond donors (Lipinski definition) is 1. The van der Waals surface area contributed by atoms with Crippen LogP contribution in [0.25, 0.3) is 0 Å². The normalized spacial score (nSPS) is 9.78. The predicted molar refractivity (Wildman–Crippen MR) is 35.4 cm³/mol. The van der Waals surface area contributed by atoms with Gasteiger partial charge in [-0.15, -0.1) is 0 Å². The van der Waals surface area contributed by atoms with Crippen molar-refractivity contribution in [2.75, 3.05) is 6.54 Å². The molecule has 0 spiro atoms. The standard InChI is InChI=1S/C5H10ClNO2/c1-4(2)3-7(6)5(8)9/h4H,3H2,1-2H3,(H,8,9). The number of carboxylic acid groups (broad SMARTS) is 1. The maximum Gasteiger partial charge on any atom is 0.422 e. The molecule has 0 saturated carbocycles. The van der Waals surface area contributed by atoms with E-state index in [4.69, 9.17) is 16.9 Å². The minimum atomic E-state index is -1.09. The lowest BCUT2D eigenvalue weighted by molar-refractivity contribution is 0.170. The first-order chi connectivity index (χ1) is 4.04. The van der Waals surface area contributed by atoms with Gasteiger partial charge in [-0.05, 0) is 5.92 Å². The van der Waals surface area contributed by atoms with Gasteiger partial charge in [-0.2, -0.15) is 0 Å². The van der Waals surface area contributed by atoms with Gasteiger partial charge in [-0.3, -0.25) is 0 Å². The SMILES string of the molecule is CC(C)CN(Cl)C(=O)O. The molecule has 0 rings (SSSR count). The molecule has 0 aromatic rings. The van der Waals surface area contributed by atoms with Crippen LogP contribution in [-0.2, 0) is 0 Å². The highest BCUT2D eigenvalue weighted by molar-refractivity contribution is 6.19. The molecule has 0 heterocycles. The van der Waals surface area contributed by atoms with Gasteiger partial charge in [0.25, 0.3) is 0 Å². The van der Waals surface area contributed by atoms with Crippen molar-refractivity contribution in [3.63, 3.8) is 0 Å². The highest BCUT2D eigenvalue weighted by Gasteiger charge is 2.08. The van der Waals surface area contributed by atoms with Crippen LogP contribution in [0.5, 0.6) is 0 Å². The Morgan fingerprint density at radius 3 is 2.33 bits per heavy atom. The van der Waals surface area contributed by atoms with E-state index < -0.39 is 6.09 Å². The first kappa shape index (κ1) is 8.56. The first-order valence-electron chi connectivity index (χ1n) is 2.70. The lowest BCUT2D eigenvalue weighted by atomic mass is 10.2. The van der Waals surface area contributed by atoms with E-state index >= 15 is 0 Å². The van der Waals surface area contributed by atoms with Crippen molar-refractivity contribution >= 4 is 17.9 Å². The average molecular weight is 152 g/mol. The molecule has 0 aliphatic rings. The third kappa shape index (κ3) is 4.09. The summed E-state index contributed by atoms with van der Waals surface area (Å²) in [6, 6.07) is 0.